The number of hydrogen-bond donors (Lipinski definition) is 2. The molecule has 0 atom stereocenters. The predicted octanol–water partition coefficient (Wildman–Crippen LogP) is 3.23. The molecule has 0 aliphatic carbocycles. The molecule has 0 aliphatic rings. The van der Waals surface area contributed by atoms with E-state index in [0.29, 0.717) is 13.1 Å². The molecule has 0 saturated heterocycles. The van der Waals surface area contributed by atoms with Crippen molar-refractivity contribution in [3.63, 3.8) is 0 Å². The highest BCUT2D eigenvalue weighted by atomic mass is 16.4. The minimum Gasteiger partial charge on any atom is -0.508 e. The van der Waals surface area contributed by atoms with Crippen LogP contribution >= 0.6 is 0 Å². The molecule has 0 unspecified atom stereocenters. The Balaban J connectivity index is 2.47. The molecule has 2 aromatic carbocycles. The maximum absolute atomic E-state index is 11.5. The van der Waals surface area contributed by atoms with Gasteiger partial charge in [0.05, 0.1) is 0 Å². The van der Waals surface area contributed by atoms with E-state index in [4.69, 9.17) is 0 Å². The molecule has 2 rings (SSSR count). The molecule has 0 spiro atoms. The highest BCUT2D eigenvalue weighted by Crippen LogP contribution is 2.30. The van der Waals surface area contributed by atoms with Crippen molar-refractivity contribution in [2.75, 3.05) is 6.54 Å². The number of nitrogens with zero attached hydrogens (tertiary/aromatic N) is 1. The summed E-state index contributed by atoms with van der Waals surface area (Å²) in [6.07, 6.45) is 0. The Kier molecular flexibility index (Phi) is 4.19. The SMILES string of the molecule is CCN(Cc1c(O)ccc2ccccc12)C(C)(C)C(=O)O. The average molecular weight is 287 g/mol. The van der Waals surface area contributed by atoms with Gasteiger partial charge in [-0.15, -0.1) is 0 Å². The molecule has 0 amide bonds. The number of fused-ring (bicyclic) bond motifs is 1. The molecule has 0 bridgehead atoms. The van der Waals surface area contributed by atoms with Crippen molar-refractivity contribution in [3.8, 4) is 5.75 Å². The summed E-state index contributed by atoms with van der Waals surface area (Å²) in [6.45, 7) is 6.26. The first kappa shape index (κ1) is 15.3. The molecule has 112 valence electrons. The van der Waals surface area contributed by atoms with Gasteiger partial charge in [-0.3, -0.25) is 9.69 Å². The summed E-state index contributed by atoms with van der Waals surface area (Å²) >= 11 is 0. The fourth-order valence-corrected chi connectivity index (χ4v) is 2.52. The van der Waals surface area contributed by atoms with E-state index in [1.807, 2.05) is 42.2 Å². The number of likely N-dealkylation sites (N-methyl/N-ethyl adjacent to an activating group) is 1. The Hall–Kier alpha value is -2.07. The third-order valence-electron chi connectivity index (χ3n) is 4.06. The minimum atomic E-state index is -0.988. The van der Waals surface area contributed by atoms with Gasteiger partial charge in [0.25, 0.3) is 0 Å². The van der Waals surface area contributed by atoms with Gasteiger partial charge in [-0.1, -0.05) is 37.3 Å². The fraction of sp³-hybridized carbons (Fsp3) is 0.353. The molecule has 0 fully saturated rings. The van der Waals surface area contributed by atoms with Crippen LogP contribution in [0.3, 0.4) is 0 Å². The zero-order valence-corrected chi connectivity index (χ0v) is 12.6. The number of phenols is 1. The summed E-state index contributed by atoms with van der Waals surface area (Å²) in [7, 11) is 0. The van der Waals surface area contributed by atoms with E-state index in [1.165, 1.54) is 0 Å². The van der Waals surface area contributed by atoms with Crippen molar-refractivity contribution in [1.29, 1.82) is 0 Å². The average Bonchev–Trinajstić information content (AvgIpc) is 2.46. The van der Waals surface area contributed by atoms with Gasteiger partial charge in [0.1, 0.15) is 11.3 Å². The zero-order chi connectivity index (χ0) is 15.6. The lowest BCUT2D eigenvalue weighted by atomic mass is 9.98. The maximum Gasteiger partial charge on any atom is 0.323 e. The van der Waals surface area contributed by atoms with Gasteiger partial charge in [-0.25, -0.2) is 0 Å². The molecule has 4 nitrogen and oxygen atoms in total. The summed E-state index contributed by atoms with van der Waals surface area (Å²) in [5, 5.41) is 21.6. The van der Waals surface area contributed by atoms with Crippen LogP contribution in [0.4, 0.5) is 0 Å². The lowest BCUT2D eigenvalue weighted by Gasteiger charge is -2.34. The Morgan fingerprint density at radius 2 is 1.86 bits per heavy atom. The Morgan fingerprint density at radius 1 is 1.19 bits per heavy atom. The van der Waals surface area contributed by atoms with Gasteiger partial charge in [-0.2, -0.15) is 0 Å². The topological polar surface area (TPSA) is 60.8 Å². The van der Waals surface area contributed by atoms with Crippen molar-refractivity contribution in [2.45, 2.75) is 32.9 Å². The monoisotopic (exact) mass is 287 g/mol. The second-order valence-corrected chi connectivity index (χ2v) is 5.66. The van der Waals surface area contributed by atoms with Gasteiger partial charge in [0.2, 0.25) is 0 Å². The van der Waals surface area contributed by atoms with E-state index >= 15 is 0 Å². The molecule has 4 heteroatoms. The van der Waals surface area contributed by atoms with Crippen molar-refractivity contribution < 1.29 is 15.0 Å². The first-order valence-corrected chi connectivity index (χ1v) is 7.06. The first-order chi connectivity index (χ1) is 9.87. The summed E-state index contributed by atoms with van der Waals surface area (Å²) in [5.74, 6) is -0.669. The van der Waals surface area contributed by atoms with E-state index in [2.05, 4.69) is 0 Å². The second kappa shape index (κ2) is 5.74. The molecule has 0 aromatic heterocycles. The number of rotatable bonds is 5. The first-order valence-electron chi connectivity index (χ1n) is 7.06. The van der Waals surface area contributed by atoms with Gasteiger partial charge >= 0.3 is 5.97 Å². The second-order valence-electron chi connectivity index (χ2n) is 5.66. The van der Waals surface area contributed by atoms with E-state index in [9.17, 15) is 15.0 Å². The summed E-state index contributed by atoms with van der Waals surface area (Å²) in [6, 6.07) is 11.3. The van der Waals surface area contributed by atoms with Crippen LogP contribution in [0, 0.1) is 0 Å². The van der Waals surface area contributed by atoms with E-state index in [1.54, 1.807) is 19.9 Å². The molecule has 21 heavy (non-hydrogen) atoms. The number of hydrogen-bond acceptors (Lipinski definition) is 3. The number of phenolic OH excluding ortho intramolecular Hbond substituents is 1. The van der Waals surface area contributed by atoms with Crippen LogP contribution < -0.4 is 0 Å². The van der Waals surface area contributed by atoms with E-state index in [0.717, 1.165) is 16.3 Å². The Labute approximate surface area is 124 Å². The van der Waals surface area contributed by atoms with Gasteiger partial charge in [0, 0.05) is 12.1 Å². The van der Waals surface area contributed by atoms with E-state index < -0.39 is 11.5 Å². The molecule has 0 radical (unpaired) electrons. The lowest BCUT2D eigenvalue weighted by molar-refractivity contribution is -0.149. The Morgan fingerprint density at radius 3 is 2.48 bits per heavy atom. The number of aliphatic carboxylic acids is 1. The van der Waals surface area contributed by atoms with Crippen molar-refractivity contribution >= 4 is 16.7 Å². The van der Waals surface area contributed by atoms with Crippen LogP contribution in [0.25, 0.3) is 10.8 Å². The van der Waals surface area contributed by atoms with Crippen molar-refractivity contribution in [2.24, 2.45) is 0 Å². The number of aromatic hydroxyl groups is 1. The zero-order valence-electron chi connectivity index (χ0n) is 12.6. The highest BCUT2D eigenvalue weighted by molar-refractivity contribution is 5.87. The normalized spacial score (nSPS) is 12.0. The van der Waals surface area contributed by atoms with Gasteiger partial charge in [0.15, 0.2) is 0 Å². The van der Waals surface area contributed by atoms with E-state index in [-0.39, 0.29) is 5.75 Å². The smallest absolute Gasteiger partial charge is 0.323 e. The van der Waals surface area contributed by atoms with Crippen LogP contribution in [-0.4, -0.2) is 33.2 Å². The third kappa shape index (κ3) is 2.85. The molecular weight excluding hydrogens is 266 g/mol. The summed E-state index contributed by atoms with van der Waals surface area (Å²) < 4.78 is 0. The van der Waals surface area contributed by atoms with Gasteiger partial charge < -0.3 is 10.2 Å². The number of carbonyl (C=O) groups is 1. The fourth-order valence-electron chi connectivity index (χ4n) is 2.52. The van der Waals surface area contributed by atoms with Crippen LogP contribution in [0.1, 0.15) is 26.3 Å². The van der Waals surface area contributed by atoms with Crippen LogP contribution in [0.2, 0.25) is 0 Å². The van der Waals surface area contributed by atoms with Crippen molar-refractivity contribution in [3.05, 3.63) is 42.0 Å². The summed E-state index contributed by atoms with van der Waals surface area (Å²) in [5.41, 5.74) is -0.220. The third-order valence-corrected chi connectivity index (χ3v) is 4.06. The predicted molar refractivity (Wildman–Crippen MR) is 83.4 cm³/mol. The van der Waals surface area contributed by atoms with Crippen LogP contribution in [-0.2, 0) is 11.3 Å². The molecule has 0 heterocycles. The number of carboxylic acid groups (broad SMARTS) is 1. The molecule has 2 N–H and O–H groups in total. The minimum absolute atomic E-state index is 0.202. The number of carboxylic acids is 1. The quantitative estimate of drug-likeness (QED) is 0.886. The molecule has 0 aliphatic heterocycles. The molecule has 0 saturated carbocycles. The van der Waals surface area contributed by atoms with Crippen LogP contribution in [0.5, 0.6) is 5.75 Å². The van der Waals surface area contributed by atoms with Crippen molar-refractivity contribution in [1.82, 2.24) is 4.90 Å². The number of benzene rings is 2. The largest absolute Gasteiger partial charge is 0.508 e. The maximum atomic E-state index is 11.5. The summed E-state index contributed by atoms with van der Waals surface area (Å²) in [4.78, 5) is 13.3. The Bertz CT molecular complexity index is 664. The highest BCUT2D eigenvalue weighted by Gasteiger charge is 2.34. The van der Waals surface area contributed by atoms with Crippen LogP contribution in [0.15, 0.2) is 36.4 Å². The standard InChI is InChI=1S/C17H21NO3/c1-4-18(17(2,3)16(20)21)11-14-13-8-6-5-7-12(13)9-10-15(14)19/h5-10,19H,4,11H2,1-3H3,(H,20,21). The van der Waals surface area contributed by atoms with Gasteiger partial charge in [-0.05, 0) is 37.2 Å². The molecular formula is C17H21NO3. The molecule has 2 aromatic rings. The lowest BCUT2D eigenvalue weighted by Crippen LogP contribution is -2.49.